The van der Waals surface area contributed by atoms with Gasteiger partial charge in [0.25, 0.3) is 0 Å². The first kappa shape index (κ1) is 13.9. The smallest absolute Gasteiger partial charge is 0.0925 e. The monoisotopic (exact) mass is 288 g/mol. The number of hydrogen-bond acceptors (Lipinski definition) is 2. The Morgan fingerprint density at radius 2 is 1.90 bits per heavy atom. The van der Waals surface area contributed by atoms with Gasteiger partial charge < -0.3 is 10.2 Å². The summed E-state index contributed by atoms with van der Waals surface area (Å²) in [6.07, 6.45) is 12.1. The molecule has 6 atom stereocenters. The number of aliphatic hydroxyl groups excluding tert-OH is 2. The lowest BCUT2D eigenvalue weighted by atomic mass is 9.48. The molecule has 0 radical (unpaired) electrons. The van der Waals surface area contributed by atoms with E-state index in [9.17, 15) is 10.2 Å². The van der Waals surface area contributed by atoms with Crippen LogP contribution in [0.3, 0.4) is 0 Å². The first-order valence-electron chi connectivity index (χ1n) is 8.73. The van der Waals surface area contributed by atoms with Crippen molar-refractivity contribution in [3.05, 3.63) is 23.5 Å². The molecule has 2 N–H and O–H groups in total. The van der Waals surface area contributed by atoms with Crippen molar-refractivity contribution in [3.8, 4) is 0 Å². The van der Waals surface area contributed by atoms with Crippen molar-refractivity contribution in [1.29, 1.82) is 0 Å². The second kappa shape index (κ2) is 4.38. The molecule has 2 nitrogen and oxygen atoms in total. The summed E-state index contributed by atoms with van der Waals surface area (Å²) in [6.45, 7) is 4.76. The maximum absolute atomic E-state index is 10.4. The van der Waals surface area contributed by atoms with Crippen LogP contribution in [0, 0.1) is 28.6 Å². The van der Waals surface area contributed by atoms with Crippen molar-refractivity contribution in [3.63, 3.8) is 0 Å². The van der Waals surface area contributed by atoms with Gasteiger partial charge in [-0.15, -0.1) is 0 Å². The minimum atomic E-state index is -0.0862. The topological polar surface area (TPSA) is 40.5 Å². The quantitative estimate of drug-likeness (QED) is 0.695. The van der Waals surface area contributed by atoms with Gasteiger partial charge >= 0.3 is 0 Å². The number of fused-ring (bicyclic) bond motifs is 5. The summed E-state index contributed by atoms with van der Waals surface area (Å²) in [4.78, 5) is 0. The highest BCUT2D eigenvalue weighted by Crippen LogP contribution is 2.64. The lowest BCUT2D eigenvalue weighted by Crippen LogP contribution is -2.50. The fourth-order valence-electron chi connectivity index (χ4n) is 6.28. The average molecular weight is 288 g/mol. The summed E-state index contributed by atoms with van der Waals surface area (Å²) in [5.74, 6) is 2.74. The van der Waals surface area contributed by atoms with Gasteiger partial charge in [-0.05, 0) is 78.8 Å². The minimum Gasteiger partial charge on any atom is -0.512 e. The molecule has 2 fully saturated rings. The zero-order chi connectivity index (χ0) is 14.8. The SMILES string of the molecule is CC12CCC(O)=CC1=CCC1C2CCC2(C)C(O)CCC12. The molecule has 0 aromatic heterocycles. The summed E-state index contributed by atoms with van der Waals surface area (Å²) >= 11 is 0. The number of rotatable bonds is 0. The van der Waals surface area contributed by atoms with Crippen molar-refractivity contribution in [1.82, 2.24) is 0 Å². The van der Waals surface area contributed by atoms with E-state index in [1.54, 1.807) is 0 Å². The molecule has 4 rings (SSSR count). The molecule has 6 unspecified atom stereocenters. The first-order valence-corrected chi connectivity index (χ1v) is 8.73. The van der Waals surface area contributed by atoms with Gasteiger partial charge in [0.1, 0.15) is 0 Å². The number of allylic oxidation sites excluding steroid dienone is 4. The molecule has 0 heterocycles. The molecular formula is C19H28O2. The van der Waals surface area contributed by atoms with Gasteiger partial charge in [0.15, 0.2) is 0 Å². The van der Waals surface area contributed by atoms with Gasteiger partial charge in [0.2, 0.25) is 0 Å². The van der Waals surface area contributed by atoms with Gasteiger partial charge in [0.05, 0.1) is 11.9 Å². The standard InChI is InChI=1S/C19H28O2/c1-18-9-7-13(20)11-12(18)3-4-14-15-5-6-17(21)19(15,2)10-8-16(14)18/h3,11,14-17,20-21H,4-10H2,1-2H3. The Bertz CT molecular complexity index is 520. The van der Waals surface area contributed by atoms with Crippen molar-refractivity contribution < 1.29 is 10.2 Å². The molecule has 21 heavy (non-hydrogen) atoms. The van der Waals surface area contributed by atoms with E-state index in [-0.39, 0.29) is 16.9 Å². The fourth-order valence-corrected chi connectivity index (χ4v) is 6.28. The average Bonchev–Trinajstić information content (AvgIpc) is 2.76. The number of aliphatic hydroxyl groups is 2. The Labute approximate surface area is 127 Å². The van der Waals surface area contributed by atoms with E-state index in [0.29, 0.717) is 11.7 Å². The Kier molecular flexibility index (Phi) is 2.89. The highest BCUT2D eigenvalue weighted by Gasteiger charge is 2.57. The molecule has 4 aliphatic rings. The maximum atomic E-state index is 10.4. The van der Waals surface area contributed by atoms with Crippen LogP contribution in [-0.4, -0.2) is 16.3 Å². The Morgan fingerprint density at radius 3 is 2.71 bits per heavy atom. The molecule has 0 spiro atoms. The van der Waals surface area contributed by atoms with Crippen LogP contribution in [0.2, 0.25) is 0 Å². The predicted octanol–water partition coefficient (Wildman–Crippen LogP) is 4.36. The summed E-state index contributed by atoms with van der Waals surface area (Å²) in [5, 5.41) is 20.3. The molecule has 0 amide bonds. The Morgan fingerprint density at radius 1 is 1.10 bits per heavy atom. The molecule has 116 valence electrons. The molecule has 0 bridgehead atoms. The maximum Gasteiger partial charge on any atom is 0.0925 e. The van der Waals surface area contributed by atoms with Gasteiger partial charge in [-0.1, -0.05) is 19.9 Å². The van der Waals surface area contributed by atoms with Gasteiger partial charge in [-0.25, -0.2) is 0 Å². The molecule has 0 aromatic rings. The summed E-state index contributed by atoms with van der Waals surface area (Å²) < 4.78 is 0. The zero-order valence-corrected chi connectivity index (χ0v) is 13.3. The van der Waals surface area contributed by atoms with Crippen molar-refractivity contribution in [2.45, 2.75) is 64.9 Å². The summed E-state index contributed by atoms with van der Waals surface area (Å²) in [6, 6.07) is 0. The molecule has 2 heteroatoms. The van der Waals surface area contributed by atoms with E-state index in [0.717, 1.165) is 37.5 Å². The zero-order valence-electron chi connectivity index (χ0n) is 13.3. The molecule has 2 saturated carbocycles. The molecule has 4 aliphatic carbocycles. The largest absolute Gasteiger partial charge is 0.512 e. The van der Waals surface area contributed by atoms with Crippen LogP contribution in [0.25, 0.3) is 0 Å². The van der Waals surface area contributed by atoms with E-state index in [2.05, 4.69) is 19.9 Å². The highest BCUT2D eigenvalue weighted by molar-refractivity contribution is 5.35. The van der Waals surface area contributed by atoms with E-state index < -0.39 is 0 Å². The third-order valence-corrected chi connectivity index (χ3v) is 7.70. The number of hydrogen-bond donors (Lipinski definition) is 2. The molecule has 0 aliphatic heterocycles. The Hall–Kier alpha value is -0.760. The van der Waals surface area contributed by atoms with Gasteiger partial charge in [-0.3, -0.25) is 0 Å². The van der Waals surface area contributed by atoms with Gasteiger partial charge in [-0.2, -0.15) is 0 Å². The molecular weight excluding hydrogens is 260 g/mol. The van der Waals surface area contributed by atoms with Crippen molar-refractivity contribution in [2.75, 3.05) is 0 Å². The van der Waals surface area contributed by atoms with Crippen LogP contribution in [0.4, 0.5) is 0 Å². The normalized spacial score (nSPS) is 52.3. The van der Waals surface area contributed by atoms with Crippen LogP contribution in [0.1, 0.15) is 58.8 Å². The van der Waals surface area contributed by atoms with Crippen LogP contribution < -0.4 is 0 Å². The second-order valence-corrected chi connectivity index (χ2v) is 8.46. The molecule has 0 saturated heterocycles. The van der Waals surface area contributed by atoms with E-state index in [1.165, 1.54) is 24.8 Å². The van der Waals surface area contributed by atoms with E-state index in [4.69, 9.17) is 0 Å². The third-order valence-electron chi connectivity index (χ3n) is 7.70. The lowest BCUT2D eigenvalue weighted by molar-refractivity contribution is -0.0632. The molecule has 0 aromatic carbocycles. The van der Waals surface area contributed by atoms with Crippen LogP contribution in [0.15, 0.2) is 23.5 Å². The fraction of sp³-hybridized carbons (Fsp3) is 0.789. The Balaban J connectivity index is 1.72. The van der Waals surface area contributed by atoms with Crippen LogP contribution >= 0.6 is 0 Å². The highest BCUT2D eigenvalue weighted by atomic mass is 16.3. The van der Waals surface area contributed by atoms with E-state index in [1.807, 2.05) is 6.08 Å². The van der Waals surface area contributed by atoms with Crippen LogP contribution in [0.5, 0.6) is 0 Å². The predicted molar refractivity (Wildman–Crippen MR) is 83.8 cm³/mol. The minimum absolute atomic E-state index is 0.0862. The van der Waals surface area contributed by atoms with Crippen molar-refractivity contribution >= 4 is 0 Å². The van der Waals surface area contributed by atoms with Crippen LogP contribution in [-0.2, 0) is 0 Å². The lowest BCUT2D eigenvalue weighted by Gasteiger charge is -2.56. The second-order valence-electron chi connectivity index (χ2n) is 8.46. The summed E-state index contributed by atoms with van der Waals surface area (Å²) in [5.41, 5.74) is 1.80. The van der Waals surface area contributed by atoms with Crippen molar-refractivity contribution in [2.24, 2.45) is 28.6 Å². The van der Waals surface area contributed by atoms with E-state index >= 15 is 0 Å². The third kappa shape index (κ3) is 1.75. The van der Waals surface area contributed by atoms with Gasteiger partial charge in [0, 0.05) is 6.42 Å². The first-order chi connectivity index (χ1) is 9.95. The summed E-state index contributed by atoms with van der Waals surface area (Å²) in [7, 11) is 0.